The van der Waals surface area contributed by atoms with E-state index < -0.39 is 0 Å². The van der Waals surface area contributed by atoms with Crippen molar-refractivity contribution in [3.63, 3.8) is 0 Å². The number of carbonyl (C=O) groups excluding carboxylic acids is 1. The van der Waals surface area contributed by atoms with Crippen LogP contribution in [-0.2, 0) is 0 Å². The zero-order chi connectivity index (χ0) is 15.2. The Bertz CT molecular complexity index is 525. The zero-order valence-corrected chi connectivity index (χ0v) is 11.8. The van der Waals surface area contributed by atoms with Gasteiger partial charge >= 0.3 is 0 Å². The molecule has 21 heavy (non-hydrogen) atoms. The molecule has 7 heteroatoms. The smallest absolute Gasteiger partial charge is 0.253 e. The first kappa shape index (κ1) is 15.3. The normalized spacial score (nSPS) is 17.0. The Hall–Kier alpha value is -2.12. The maximum absolute atomic E-state index is 12.4. The van der Waals surface area contributed by atoms with Crippen LogP contribution in [0, 0.1) is 0 Å². The van der Waals surface area contributed by atoms with Gasteiger partial charge in [-0.25, -0.2) is 0 Å². The Morgan fingerprint density at radius 1 is 1.24 bits per heavy atom. The van der Waals surface area contributed by atoms with Crippen molar-refractivity contribution in [1.82, 2.24) is 9.80 Å². The molecule has 1 heterocycles. The third kappa shape index (κ3) is 3.71. The molecule has 0 bridgehead atoms. The second-order valence-corrected chi connectivity index (χ2v) is 4.92. The number of amides is 1. The van der Waals surface area contributed by atoms with Crippen molar-refractivity contribution < 1.29 is 15.1 Å². The lowest BCUT2D eigenvalue weighted by atomic mass is 10.1. The van der Waals surface area contributed by atoms with E-state index in [-0.39, 0.29) is 18.3 Å². The molecule has 1 aliphatic heterocycles. The third-order valence-corrected chi connectivity index (χ3v) is 3.59. The minimum Gasteiger partial charge on any atom is -0.409 e. The predicted octanol–water partition coefficient (Wildman–Crippen LogP) is -0.469. The molecular weight excluding hydrogens is 272 g/mol. The molecule has 2 rings (SSSR count). The van der Waals surface area contributed by atoms with Gasteiger partial charge in [0.05, 0.1) is 6.61 Å². The molecule has 114 valence electrons. The maximum atomic E-state index is 12.4. The molecule has 0 aromatic heterocycles. The summed E-state index contributed by atoms with van der Waals surface area (Å²) in [4.78, 5) is 16.3. The second kappa shape index (κ2) is 7.05. The summed E-state index contributed by atoms with van der Waals surface area (Å²) in [6.07, 6.45) is 0. The Labute approximate surface area is 123 Å². The van der Waals surface area contributed by atoms with Crippen molar-refractivity contribution in [2.45, 2.75) is 0 Å². The molecular formula is C14H20N4O3. The van der Waals surface area contributed by atoms with Crippen LogP contribution >= 0.6 is 0 Å². The van der Waals surface area contributed by atoms with E-state index in [2.05, 4.69) is 10.1 Å². The van der Waals surface area contributed by atoms with Crippen LogP contribution in [0.3, 0.4) is 0 Å². The van der Waals surface area contributed by atoms with Crippen LogP contribution < -0.4 is 5.73 Å². The molecule has 0 radical (unpaired) electrons. The van der Waals surface area contributed by atoms with Crippen LogP contribution in [0.4, 0.5) is 0 Å². The summed E-state index contributed by atoms with van der Waals surface area (Å²) >= 11 is 0. The average molecular weight is 292 g/mol. The number of hydrogen-bond acceptors (Lipinski definition) is 5. The maximum Gasteiger partial charge on any atom is 0.253 e. The molecule has 7 nitrogen and oxygen atoms in total. The molecule has 1 amide bonds. The Balaban J connectivity index is 2.04. The summed E-state index contributed by atoms with van der Waals surface area (Å²) in [6.45, 7) is 3.55. The van der Waals surface area contributed by atoms with Crippen molar-refractivity contribution >= 4 is 11.7 Å². The number of aliphatic hydroxyl groups is 1. The highest BCUT2D eigenvalue weighted by atomic mass is 16.4. The fraction of sp³-hybridized carbons (Fsp3) is 0.429. The number of rotatable bonds is 4. The van der Waals surface area contributed by atoms with E-state index in [1.165, 1.54) is 0 Å². The molecule has 0 unspecified atom stereocenters. The van der Waals surface area contributed by atoms with E-state index >= 15 is 0 Å². The summed E-state index contributed by atoms with van der Waals surface area (Å²) in [7, 11) is 0. The first-order chi connectivity index (χ1) is 10.2. The van der Waals surface area contributed by atoms with Gasteiger partial charge in [0, 0.05) is 43.9 Å². The molecule has 4 N–H and O–H groups in total. The van der Waals surface area contributed by atoms with E-state index in [1.54, 1.807) is 29.2 Å². The zero-order valence-electron chi connectivity index (χ0n) is 11.8. The average Bonchev–Trinajstić information content (AvgIpc) is 2.54. The topological polar surface area (TPSA) is 102 Å². The minimum atomic E-state index is -0.0637. The standard InChI is InChI=1S/C14H20N4O3/c15-13(16-21)11-2-1-3-12(10-11)14(20)18-6-4-17(5-7-18)8-9-19/h1-3,10,19,21H,4-9H2,(H2,15,16). The first-order valence-electron chi connectivity index (χ1n) is 6.86. The lowest BCUT2D eigenvalue weighted by Gasteiger charge is -2.34. The number of benzene rings is 1. The van der Waals surface area contributed by atoms with Crippen LogP contribution in [-0.4, -0.2) is 71.2 Å². The Morgan fingerprint density at radius 2 is 1.90 bits per heavy atom. The summed E-state index contributed by atoms with van der Waals surface area (Å²) in [5.41, 5.74) is 6.58. The van der Waals surface area contributed by atoms with E-state index in [4.69, 9.17) is 16.0 Å². The summed E-state index contributed by atoms with van der Waals surface area (Å²) < 4.78 is 0. The van der Waals surface area contributed by atoms with Gasteiger partial charge in [-0.2, -0.15) is 0 Å². The highest BCUT2D eigenvalue weighted by molar-refractivity contribution is 6.01. The molecule has 1 aromatic carbocycles. The molecule has 1 saturated heterocycles. The number of nitrogens with two attached hydrogens (primary N) is 1. The monoisotopic (exact) mass is 292 g/mol. The first-order valence-corrected chi connectivity index (χ1v) is 6.86. The molecule has 0 aliphatic carbocycles. The number of aliphatic hydroxyl groups excluding tert-OH is 1. The van der Waals surface area contributed by atoms with Gasteiger partial charge in [-0.3, -0.25) is 9.69 Å². The summed E-state index contributed by atoms with van der Waals surface area (Å²) in [5, 5.41) is 20.5. The number of hydrogen-bond donors (Lipinski definition) is 3. The SMILES string of the molecule is N/C(=N\O)c1cccc(C(=O)N2CCN(CCO)CC2)c1. The number of oxime groups is 1. The van der Waals surface area contributed by atoms with Gasteiger partial charge in [-0.05, 0) is 12.1 Å². The van der Waals surface area contributed by atoms with Crippen LogP contribution in [0.25, 0.3) is 0 Å². The van der Waals surface area contributed by atoms with Crippen molar-refractivity contribution in [3.05, 3.63) is 35.4 Å². The van der Waals surface area contributed by atoms with Gasteiger partial charge in [-0.1, -0.05) is 17.3 Å². The van der Waals surface area contributed by atoms with Crippen molar-refractivity contribution in [3.8, 4) is 0 Å². The highest BCUT2D eigenvalue weighted by Gasteiger charge is 2.22. The lowest BCUT2D eigenvalue weighted by molar-refractivity contribution is 0.0615. The van der Waals surface area contributed by atoms with Gasteiger partial charge in [-0.15, -0.1) is 0 Å². The minimum absolute atomic E-state index is 0.0163. The fourth-order valence-corrected chi connectivity index (χ4v) is 2.37. The van der Waals surface area contributed by atoms with Gasteiger partial charge in [0.2, 0.25) is 0 Å². The molecule has 1 aromatic rings. The number of carbonyl (C=O) groups is 1. The number of amidine groups is 1. The van der Waals surface area contributed by atoms with Gasteiger partial charge < -0.3 is 20.9 Å². The van der Waals surface area contributed by atoms with Gasteiger partial charge in [0.1, 0.15) is 0 Å². The lowest BCUT2D eigenvalue weighted by Crippen LogP contribution is -2.49. The van der Waals surface area contributed by atoms with E-state index in [0.717, 1.165) is 13.1 Å². The van der Waals surface area contributed by atoms with Crippen LogP contribution in [0.15, 0.2) is 29.4 Å². The molecule has 1 aliphatic rings. The van der Waals surface area contributed by atoms with Crippen LogP contribution in [0.1, 0.15) is 15.9 Å². The van der Waals surface area contributed by atoms with E-state index in [0.29, 0.717) is 30.8 Å². The van der Waals surface area contributed by atoms with Crippen molar-refractivity contribution in [2.75, 3.05) is 39.3 Å². The van der Waals surface area contributed by atoms with E-state index in [9.17, 15) is 4.79 Å². The number of piperazine rings is 1. The van der Waals surface area contributed by atoms with Crippen LogP contribution in [0.5, 0.6) is 0 Å². The molecule has 0 atom stereocenters. The van der Waals surface area contributed by atoms with Gasteiger partial charge in [0.15, 0.2) is 5.84 Å². The number of β-amino-alcohol motifs (C(OH)–C–C–N with tert-alkyl or cyclic N) is 1. The fourth-order valence-electron chi connectivity index (χ4n) is 2.37. The second-order valence-electron chi connectivity index (χ2n) is 4.92. The summed E-state index contributed by atoms with van der Waals surface area (Å²) in [5.74, 6) is -0.0800. The number of nitrogens with zero attached hydrogens (tertiary/aromatic N) is 3. The highest BCUT2D eigenvalue weighted by Crippen LogP contribution is 2.11. The predicted molar refractivity (Wildman–Crippen MR) is 78.4 cm³/mol. The van der Waals surface area contributed by atoms with Gasteiger partial charge in [0.25, 0.3) is 5.91 Å². The summed E-state index contributed by atoms with van der Waals surface area (Å²) in [6, 6.07) is 6.74. The third-order valence-electron chi connectivity index (χ3n) is 3.59. The van der Waals surface area contributed by atoms with E-state index in [1.807, 2.05) is 0 Å². The molecule has 0 saturated carbocycles. The van der Waals surface area contributed by atoms with Crippen LogP contribution in [0.2, 0.25) is 0 Å². The van der Waals surface area contributed by atoms with Crippen molar-refractivity contribution in [2.24, 2.45) is 10.9 Å². The quantitative estimate of drug-likeness (QED) is 0.301. The largest absolute Gasteiger partial charge is 0.409 e. The Morgan fingerprint density at radius 3 is 2.52 bits per heavy atom. The Kier molecular flexibility index (Phi) is 5.13. The molecule has 1 fully saturated rings. The van der Waals surface area contributed by atoms with Crippen molar-refractivity contribution in [1.29, 1.82) is 0 Å². The molecule has 0 spiro atoms.